The zero-order valence-electron chi connectivity index (χ0n) is 12.7. The molecule has 0 unspecified atom stereocenters. The maximum absolute atomic E-state index is 12.9. The Balaban J connectivity index is 1.90. The molecule has 4 rings (SSSR count). The van der Waals surface area contributed by atoms with Gasteiger partial charge in [0.15, 0.2) is 0 Å². The van der Waals surface area contributed by atoms with Crippen LogP contribution in [0.5, 0.6) is 5.75 Å². The van der Waals surface area contributed by atoms with E-state index in [-0.39, 0.29) is 11.8 Å². The number of aryl methyl sites for hydroxylation is 1. The van der Waals surface area contributed by atoms with Crippen molar-refractivity contribution in [2.45, 2.75) is 0 Å². The van der Waals surface area contributed by atoms with E-state index >= 15 is 0 Å². The Morgan fingerprint density at radius 2 is 1.83 bits per heavy atom. The van der Waals surface area contributed by atoms with Gasteiger partial charge in [-0.25, -0.2) is 4.90 Å². The molecule has 0 radical (unpaired) electrons. The van der Waals surface area contributed by atoms with Crippen LogP contribution in [0.3, 0.4) is 0 Å². The molecule has 1 aliphatic heterocycles. The number of ether oxygens (including phenoxy) is 1. The highest BCUT2D eigenvalue weighted by atomic mass is 16.5. The molecule has 0 aliphatic carbocycles. The number of fused-ring (bicyclic) bond motifs is 3. The number of imide groups is 1. The third kappa shape index (κ3) is 1.80. The lowest BCUT2D eigenvalue weighted by Gasteiger charge is -2.14. The number of carbonyl (C=O) groups is 2. The number of hydrogen-bond acceptors (Lipinski definition) is 3. The Morgan fingerprint density at radius 1 is 1.00 bits per heavy atom. The molecule has 0 fully saturated rings. The SMILES string of the molecule is COc1cccc(N2C(=O)c3ccc4c(ccn4C)c3C2=O)c1. The van der Waals surface area contributed by atoms with Gasteiger partial charge < -0.3 is 9.30 Å². The number of hydrogen-bond donors (Lipinski definition) is 0. The van der Waals surface area contributed by atoms with Gasteiger partial charge in [0, 0.05) is 30.2 Å². The fourth-order valence-electron chi connectivity index (χ4n) is 3.07. The standard InChI is InChI=1S/C18H14N2O3/c1-19-9-8-13-15(19)7-6-14-16(13)18(22)20(17(14)21)11-4-3-5-12(10-11)23-2/h3-10H,1-2H3. The number of benzene rings is 2. The molecule has 1 aromatic heterocycles. The van der Waals surface area contributed by atoms with Gasteiger partial charge in [-0.15, -0.1) is 0 Å². The number of amides is 2. The molecule has 0 saturated heterocycles. The van der Waals surface area contributed by atoms with E-state index in [9.17, 15) is 9.59 Å². The van der Waals surface area contributed by atoms with Crippen molar-refractivity contribution in [3.05, 3.63) is 59.8 Å². The van der Waals surface area contributed by atoms with Gasteiger partial charge in [-0.3, -0.25) is 9.59 Å². The zero-order valence-corrected chi connectivity index (χ0v) is 12.7. The topological polar surface area (TPSA) is 51.5 Å². The second-order valence-electron chi connectivity index (χ2n) is 5.49. The molecule has 23 heavy (non-hydrogen) atoms. The summed E-state index contributed by atoms with van der Waals surface area (Å²) in [7, 11) is 3.46. The lowest BCUT2D eigenvalue weighted by molar-refractivity contribution is 0.0926. The van der Waals surface area contributed by atoms with Crippen molar-refractivity contribution in [1.82, 2.24) is 4.57 Å². The van der Waals surface area contributed by atoms with Crippen molar-refractivity contribution in [2.24, 2.45) is 7.05 Å². The molecule has 0 saturated carbocycles. The minimum atomic E-state index is -0.302. The van der Waals surface area contributed by atoms with Gasteiger partial charge in [-0.1, -0.05) is 6.07 Å². The molecule has 5 nitrogen and oxygen atoms in total. The number of carbonyl (C=O) groups excluding carboxylic acids is 2. The molecule has 114 valence electrons. The molecule has 5 heteroatoms. The van der Waals surface area contributed by atoms with Crippen LogP contribution in [0.2, 0.25) is 0 Å². The first-order valence-electron chi connectivity index (χ1n) is 7.22. The van der Waals surface area contributed by atoms with Crippen molar-refractivity contribution in [2.75, 3.05) is 12.0 Å². The second kappa shape index (κ2) is 4.71. The average Bonchev–Trinajstić information content (AvgIpc) is 3.06. The number of aromatic nitrogens is 1. The predicted octanol–water partition coefficient (Wildman–Crippen LogP) is 2.99. The lowest BCUT2D eigenvalue weighted by Crippen LogP contribution is -2.29. The third-order valence-electron chi connectivity index (χ3n) is 4.23. The average molecular weight is 306 g/mol. The minimum Gasteiger partial charge on any atom is -0.497 e. The Labute approximate surface area is 132 Å². The fraction of sp³-hybridized carbons (Fsp3) is 0.111. The highest BCUT2D eigenvalue weighted by molar-refractivity contribution is 6.37. The van der Waals surface area contributed by atoms with Crippen LogP contribution < -0.4 is 9.64 Å². The van der Waals surface area contributed by atoms with E-state index in [4.69, 9.17) is 4.74 Å². The molecule has 0 atom stereocenters. The van der Waals surface area contributed by atoms with Gasteiger partial charge in [0.25, 0.3) is 11.8 Å². The van der Waals surface area contributed by atoms with Gasteiger partial charge in [-0.2, -0.15) is 0 Å². The van der Waals surface area contributed by atoms with Crippen molar-refractivity contribution in [3.8, 4) is 5.75 Å². The van der Waals surface area contributed by atoms with Crippen molar-refractivity contribution >= 4 is 28.4 Å². The lowest BCUT2D eigenvalue weighted by atomic mass is 10.1. The van der Waals surface area contributed by atoms with Crippen LogP contribution in [0.1, 0.15) is 20.7 Å². The van der Waals surface area contributed by atoms with E-state index in [0.29, 0.717) is 22.6 Å². The van der Waals surface area contributed by atoms with Crippen molar-refractivity contribution in [3.63, 3.8) is 0 Å². The zero-order chi connectivity index (χ0) is 16.1. The maximum atomic E-state index is 12.9. The molecule has 0 N–H and O–H groups in total. The number of nitrogens with zero attached hydrogens (tertiary/aromatic N) is 2. The van der Waals surface area contributed by atoms with Crippen LogP contribution in [0, 0.1) is 0 Å². The Morgan fingerprint density at radius 3 is 2.61 bits per heavy atom. The quantitative estimate of drug-likeness (QED) is 0.684. The van der Waals surface area contributed by atoms with E-state index in [0.717, 1.165) is 10.9 Å². The van der Waals surface area contributed by atoms with Crippen molar-refractivity contribution in [1.29, 1.82) is 0 Å². The molecule has 3 aromatic rings. The van der Waals surface area contributed by atoms with Gasteiger partial charge in [0.1, 0.15) is 5.75 Å². The fourth-order valence-corrected chi connectivity index (χ4v) is 3.07. The summed E-state index contributed by atoms with van der Waals surface area (Å²) in [6.07, 6.45) is 1.89. The summed E-state index contributed by atoms with van der Waals surface area (Å²) < 4.78 is 7.12. The number of methoxy groups -OCH3 is 1. The number of rotatable bonds is 2. The monoisotopic (exact) mass is 306 g/mol. The molecule has 2 heterocycles. The molecule has 1 aliphatic rings. The highest BCUT2D eigenvalue weighted by Crippen LogP contribution is 2.34. The van der Waals surface area contributed by atoms with Crippen LogP contribution in [-0.4, -0.2) is 23.5 Å². The van der Waals surface area contributed by atoms with Crippen LogP contribution in [0.15, 0.2) is 48.7 Å². The van der Waals surface area contributed by atoms with Crippen LogP contribution in [0.4, 0.5) is 5.69 Å². The second-order valence-corrected chi connectivity index (χ2v) is 5.49. The molecular formula is C18H14N2O3. The normalized spacial score (nSPS) is 13.7. The van der Waals surface area contributed by atoms with Gasteiger partial charge in [-0.05, 0) is 30.3 Å². The smallest absolute Gasteiger partial charge is 0.266 e. The summed E-state index contributed by atoms with van der Waals surface area (Å²) in [4.78, 5) is 26.8. The molecule has 2 amide bonds. The Kier molecular flexibility index (Phi) is 2.78. The highest BCUT2D eigenvalue weighted by Gasteiger charge is 2.38. The third-order valence-corrected chi connectivity index (χ3v) is 4.23. The van der Waals surface area contributed by atoms with Crippen LogP contribution in [-0.2, 0) is 7.05 Å². The van der Waals surface area contributed by atoms with Gasteiger partial charge in [0.05, 0.1) is 23.9 Å². The molecule has 2 aromatic carbocycles. The first-order chi connectivity index (χ1) is 11.1. The first-order valence-corrected chi connectivity index (χ1v) is 7.22. The van der Waals surface area contributed by atoms with E-state index in [1.165, 1.54) is 4.90 Å². The number of anilines is 1. The predicted molar refractivity (Wildman–Crippen MR) is 87.1 cm³/mol. The summed E-state index contributed by atoms with van der Waals surface area (Å²) in [6, 6.07) is 12.4. The first kappa shape index (κ1) is 13.6. The van der Waals surface area contributed by atoms with E-state index in [1.807, 2.05) is 29.9 Å². The summed E-state index contributed by atoms with van der Waals surface area (Å²) in [5, 5.41) is 0.800. The molecular weight excluding hydrogens is 292 g/mol. The van der Waals surface area contributed by atoms with E-state index in [1.54, 1.807) is 37.4 Å². The molecule has 0 bridgehead atoms. The Hall–Kier alpha value is -3.08. The summed E-state index contributed by atoms with van der Waals surface area (Å²) in [5.41, 5.74) is 2.35. The Bertz CT molecular complexity index is 972. The minimum absolute atomic E-state index is 0.296. The van der Waals surface area contributed by atoms with Crippen LogP contribution in [0.25, 0.3) is 10.9 Å². The van der Waals surface area contributed by atoms with Crippen LogP contribution >= 0.6 is 0 Å². The largest absolute Gasteiger partial charge is 0.497 e. The maximum Gasteiger partial charge on any atom is 0.266 e. The van der Waals surface area contributed by atoms with Crippen molar-refractivity contribution < 1.29 is 14.3 Å². The summed E-state index contributed by atoms with van der Waals surface area (Å²) in [6.45, 7) is 0. The van der Waals surface area contributed by atoms with Gasteiger partial charge in [0.2, 0.25) is 0 Å². The summed E-state index contributed by atoms with van der Waals surface area (Å²) in [5.74, 6) is 0.00275. The summed E-state index contributed by atoms with van der Waals surface area (Å²) >= 11 is 0. The van der Waals surface area contributed by atoms with E-state index in [2.05, 4.69) is 0 Å². The van der Waals surface area contributed by atoms with Gasteiger partial charge >= 0.3 is 0 Å². The molecule has 0 spiro atoms. The van der Waals surface area contributed by atoms with E-state index < -0.39 is 0 Å².